The smallest absolute Gasteiger partial charge is 0.0700 e. The predicted octanol–water partition coefficient (Wildman–Crippen LogP) is 2.99. The summed E-state index contributed by atoms with van der Waals surface area (Å²) in [5.41, 5.74) is 0. The van der Waals surface area contributed by atoms with E-state index < -0.39 is 0 Å². The molecule has 1 N–H and O–H groups in total. The Morgan fingerprint density at radius 3 is 2.50 bits per heavy atom. The topological polar surface area (TPSA) is 30.5 Å². The zero-order valence-corrected chi connectivity index (χ0v) is 12.2. The van der Waals surface area contributed by atoms with Gasteiger partial charge in [0, 0.05) is 19.8 Å². The van der Waals surface area contributed by atoms with Crippen LogP contribution in [-0.4, -0.2) is 39.5 Å². The Hall–Kier alpha value is -0.120. The van der Waals surface area contributed by atoms with E-state index in [4.69, 9.17) is 9.47 Å². The van der Waals surface area contributed by atoms with Gasteiger partial charge in [0.15, 0.2) is 0 Å². The number of methoxy groups -OCH3 is 1. The maximum absolute atomic E-state index is 5.45. The Morgan fingerprint density at radius 1 is 1.06 bits per heavy atom. The molecule has 0 atom stereocenters. The molecule has 1 saturated carbocycles. The Balaban J connectivity index is 1.88. The van der Waals surface area contributed by atoms with Gasteiger partial charge in [0.25, 0.3) is 0 Å². The van der Waals surface area contributed by atoms with Gasteiger partial charge in [0.2, 0.25) is 0 Å². The van der Waals surface area contributed by atoms with E-state index in [1.807, 2.05) is 0 Å². The first-order valence-corrected chi connectivity index (χ1v) is 7.66. The van der Waals surface area contributed by atoms with Crippen LogP contribution in [0.1, 0.15) is 51.9 Å². The van der Waals surface area contributed by atoms with Crippen LogP contribution < -0.4 is 5.32 Å². The lowest BCUT2D eigenvalue weighted by atomic mass is 9.83. The van der Waals surface area contributed by atoms with Gasteiger partial charge >= 0.3 is 0 Å². The van der Waals surface area contributed by atoms with Gasteiger partial charge < -0.3 is 14.8 Å². The van der Waals surface area contributed by atoms with E-state index in [1.54, 1.807) is 7.11 Å². The molecule has 0 unspecified atom stereocenters. The molecule has 1 fully saturated rings. The fourth-order valence-electron chi connectivity index (χ4n) is 2.79. The SMILES string of the molecule is CCCC1CCC(NCCCOCCOC)CC1. The monoisotopic (exact) mass is 257 g/mol. The Bertz CT molecular complexity index is 179. The normalized spacial score (nSPS) is 24.3. The maximum Gasteiger partial charge on any atom is 0.0700 e. The van der Waals surface area contributed by atoms with E-state index in [0.717, 1.165) is 38.1 Å². The second-order valence-corrected chi connectivity index (χ2v) is 5.42. The average Bonchev–Trinajstić information content (AvgIpc) is 2.40. The zero-order chi connectivity index (χ0) is 13.1. The molecule has 1 rings (SSSR count). The van der Waals surface area contributed by atoms with Gasteiger partial charge in [0.05, 0.1) is 13.2 Å². The van der Waals surface area contributed by atoms with Crippen LogP contribution in [0, 0.1) is 5.92 Å². The van der Waals surface area contributed by atoms with Crippen molar-refractivity contribution in [3.63, 3.8) is 0 Å². The summed E-state index contributed by atoms with van der Waals surface area (Å²) in [7, 11) is 1.71. The van der Waals surface area contributed by atoms with Crippen molar-refractivity contribution in [3.05, 3.63) is 0 Å². The minimum atomic E-state index is 0.703. The Kier molecular flexibility index (Phi) is 9.54. The molecule has 3 heteroatoms. The molecule has 0 amide bonds. The van der Waals surface area contributed by atoms with Crippen LogP contribution in [-0.2, 0) is 9.47 Å². The maximum atomic E-state index is 5.45. The second-order valence-electron chi connectivity index (χ2n) is 5.42. The van der Waals surface area contributed by atoms with Crippen LogP contribution in [0.4, 0.5) is 0 Å². The van der Waals surface area contributed by atoms with Crippen molar-refractivity contribution >= 4 is 0 Å². The fourth-order valence-corrected chi connectivity index (χ4v) is 2.79. The van der Waals surface area contributed by atoms with E-state index >= 15 is 0 Å². The van der Waals surface area contributed by atoms with Crippen LogP contribution in [0.2, 0.25) is 0 Å². The van der Waals surface area contributed by atoms with E-state index in [0.29, 0.717) is 6.61 Å². The van der Waals surface area contributed by atoms with Crippen molar-refractivity contribution in [2.24, 2.45) is 5.92 Å². The number of nitrogens with one attached hydrogen (secondary N) is 1. The number of ether oxygens (including phenoxy) is 2. The molecule has 0 aromatic heterocycles. The predicted molar refractivity (Wildman–Crippen MR) is 76.0 cm³/mol. The fraction of sp³-hybridized carbons (Fsp3) is 1.00. The van der Waals surface area contributed by atoms with E-state index in [-0.39, 0.29) is 0 Å². The van der Waals surface area contributed by atoms with Crippen molar-refractivity contribution < 1.29 is 9.47 Å². The molecule has 0 bridgehead atoms. The number of hydrogen-bond acceptors (Lipinski definition) is 3. The summed E-state index contributed by atoms with van der Waals surface area (Å²) < 4.78 is 10.4. The highest BCUT2D eigenvalue weighted by Gasteiger charge is 2.19. The van der Waals surface area contributed by atoms with Crippen molar-refractivity contribution in [1.29, 1.82) is 0 Å². The first-order chi connectivity index (χ1) is 8.86. The molecule has 0 aromatic carbocycles. The van der Waals surface area contributed by atoms with Gasteiger partial charge in [0.1, 0.15) is 0 Å². The van der Waals surface area contributed by atoms with E-state index in [9.17, 15) is 0 Å². The third-order valence-corrected chi connectivity index (χ3v) is 3.87. The minimum absolute atomic E-state index is 0.703. The Labute approximate surface area is 113 Å². The molecule has 1 aliphatic carbocycles. The molecule has 0 heterocycles. The third-order valence-electron chi connectivity index (χ3n) is 3.87. The molecule has 0 aromatic rings. The lowest BCUT2D eigenvalue weighted by Gasteiger charge is -2.29. The van der Waals surface area contributed by atoms with Gasteiger partial charge in [-0.25, -0.2) is 0 Å². The van der Waals surface area contributed by atoms with Crippen LogP contribution in [0.25, 0.3) is 0 Å². The second kappa shape index (κ2) is 10.8. The Morgan fingerprint density at radius 2 is 1.83 bits per heavy atom. The molecule has 1 aliphatic rings. The first kappa shape index (κ1) is 15.9. The molecular weight excluding hydrogens is 226 g/mol. The summed E-state index contributed by atoms with van der Waals surface area (Å²) in [5.74, 6) is 1.01. The van der Waals surface area contributed by atoms with Crippen molar-refractivity contribution in [1.82, 2.24) is 5.32 Å². The van der Waals surface area contributed by atoms with Crippen LogP contribution in [0.5, 0.6) is 0 Å². The van der Waals surface area contributed by atoms with Gasteiger partial charge in [-0.1, -0.05) is 19.8 Å². The summed E-state index contributed by atoms with van der Waals surface area (Å²) in [6.07, 6.45) is 9.48. The lowest BCUT2D eigenvalue weighted by Crippen LogP contribution is -2.34. The van der Waals surface area contributed by atoms with Crippen molar-refractivity contribution in [2.75, 3.05) is 33.5 Å². The summed E-state index contributed by atoms with van der Waals surface area (Å²) >= 11 is 0. The average molecular weight is 257 g/mol. The molecule has 18 heavy (non-hydrogen) atoms. The zero-order valence-electron chi connectivity index (χ0n) is 12.2. The largest absolute Gasteiger partial charge is 0.382 e. The lowest BCUT2D eigenvalue weighted by molar-refractivity contribution is 0.0690. The highest BCUT2D eigenvalue weighted by molar-refractivity contribution is 4.76. The minimum Gasteiger partial charge on any atom is -0.382 e. The molecule has 0 spiro atoms. The summed E-state index contributed by atoms with van der Waals surface area (Å²) in [6.45, 7) is 5.67. The first-order valence-electron chi connectivity index (χ1n) is 7.66. The van der Waals surface area contributed by atoms with Gasteiger partial charge in [-0.3, -0.25) is 0 Å². The number of hydrogen-bond donors (Lipinski definition) is 1. The molecular formula is C15H31NO2. The highest BCUT2D eigenvalue weighted by Crippen LogP contribution is 2.27. The van der Waals surface area contributed by atoms with E-state index in [1.165, 1.54) is 38.5 Å². The van der Waals surface area contributed by atoms with Gasteiger partial charge in [-0.2, -0.15) is 0 Å². The highest BCUT2D eigenvalue weighted by atomic mass is 16.5. The summed E-state index contributed by atoms with van der Waals surface area (Å²) in [4.78, 5) is 0. The van der Waals surface area contributed by atoms with Crippen molar-refractivity contribution in [3.8, 4) is 0 Å². The standard InChI is InChI=1S/C15H31NO2/c1-3-5-14-6-8-15(9-7-14)16-10-4-11-18-13-12-17-2/h14-16H,3-13H2,1-2H3. The quantitative estimate of drug-likeness (QED) is 0.610. The molecule has 108 valence electrons. The van der Waals surface area contributed by atoms with Crippen LogP contribution >= 0.6 is 0 Å². The van der Waals surface area contributed by atoms with E-state index in [2.05, 4.69) is 12.2 Å². The summed E-state index contributed by atoms with van der Waals surface area (Å²) in [6, 6.07) is 0.761. The van der Waals surface area contributed by atoms with Crippen molar-refractivity contribution in [2.45, 2.75) is 57.9 Å². The number of rotatable bonds is 10. The third kappa shape index (κ3) is 7.34. The van der Waals surface area contributed by atoms with Gasteiger partial charge in [-0.15, -0.1) is 0 Å². The van der Waals surface area contributed by atoms with Crippen LogP contribution in [0.3, 0.4) is 0 Å². The molecule has 0 saturated heterocycles. The molecule has 0 radical (unpaired) electrons. The molecule has 3 nitrogen and oxygen atoms in total. The van der Waals surface area contributed by atoms with Crippen LogP contribution in [0.15, 0.2) is 0 Å². The molecule has 0 aliphatic heterocycles. The summed E-state index contributed by atoms with van der Waals surface area (Å²) in [5, 5.41) is 3.66. The van der Waals surface area contributed by atoms with Gasteiger partial charge in [-0.05, 0) is 44.6 Å².